The number of carboxylic acid groups (broad SMARTS) is 1. The summed E-state index contributed by atoms with van der Waals surface area (Å²) >= 11 is 0. The predicted molar refractivity (Wildman–Crippen MR) is 139 cm³/mol. The van der Waals surface area contributed by atoms with E-state index >= 15 is 0 Å². The van der Waals surface area contributed by atoms with Crippen LogP contribution in [0.4, 0.5) is 18.9 Å². The molecule has 1 saturated carbocycles. The van der Waals surface area contributed by atoms with Crippen LogP contribution < -0.4 is 4.90 Å². The lowest BCUT2D eigenvalue weighted by Gasteiger charge is -2.32. The van der Waals surface area contributed by atoms with E-state index in [-0.39, 0.29) is 28.9 Å². The first-order valence-electron chi connectivity index (χ1n) is 12.9. The van der Waals surface area contributed by atoms with Crippen LogP contribution in [0.2, 0.25) is 0 Å². The lowest BCUT2D eigenvalue weighted by Crippen LogP contribution is -2.33. The van der Waals surface area contributed by atoms with Crippen LogP contribution in [0.25, 0.3) is 28.2 Å². The van der Waals surface area contributed by atoms with Gasteiger partial charge in [-0.1, -0.05) is 23.4 Å². The Balaban J connectivity index is 1.20. The normalized spacial score (nSPS) is 16.8. The molecule has 1 saturated heterocycles. The number of fused-ring (bicyclic) bond motifs is 1. The maximum absolute atomic E-state index is 13.7. The Bertz CT molecular complexity index is 1570. The number of hydrogen-bond donors (Lipinski definition) is 1. The third-order valence-corrected chi connectivity index (χ3v) is 7.41. The zero-order chi connectivity index (χ0) is 27.1. The second kappa shape index (κ2) is 9.83. The fourth-order valence-corrected chi connectivity index (χ4v) is 5.13. The Labute approximate surface area is 222 Å². The Morgan fingerprint density at radius 1 is 1.03 bits per heavy atom. The van der Waals surface area contributed by atoms with Gasteiger partial charge in [-0.2, -0.15) is 13.2 Å². The number of piperidine rings is 1. The molecule has 10 heteroatoms. The van der Waals surface area contributed by atoms with E-state index in [1.54, 1.807) is 12.3 Å². The van der Waals surface area contributed by atoms with Crippen LogP contribution in [0, 0.1) is 5.92 Å². The number of hydrogen-bond acceptors (Lipinski definition) is 6. The van der Waals surface area contributed by atoms with E-state index in [2.05, 4.69) is 26.1 Å². The van der Waals surface area contributed by atoms with E-state index in [1.807, 2.05) is 24.3 Å². The summed E-state index contributed by atoms with van der Waals surface area (Å²) in [6.07, 6.45) is 5.92. The Hall–Kier alpha value is -4.21. The van der Waals surface area contributed by atoms with Gasteiger partial charge in [0, 0.05) is 48.0 Å². The molecule has 0 unspecified atom stereocenters. The molecule has 1 aromatic carbocycles. The lowest BCUT2D eigenvalue weighted by molar-refractivity contribution is -0.137. The third-order valence-electron chi connectivity index (χ3n) is 7.41. The smallest absolute Gasteiger partial charge is 0.418 e. The summed E-state index contributed by atoms with van der Waals surface area (Å²) < 4.78 is 46.6. The zero-order valence-corrected chi connectivity index (χ0v) is 20.9. The van der Waals surface area contributed by atoms with Gasteiger partial charge >= 0.3 is 12.1 Å². The molecule has 7 nitrogen and oxygen atoms in total. The molecule has 6 rings (SSSR count). The van der Waals surface area contributed by atoms with E-state index < -0.39 is 17.7 Å². The minimum atomic E-state index is -4.55. The molecule has 0 amide bonds. The van der Waals surface area contributed by atoms with Crippen molar-refractivity contribution in [2.24, 2.45) is 5.92 Å². The number of halogens is 3. The molecule has 0 spiro atoms. The molecule has 4 aromatic rings. The van der Waals surface area contributed by atoms with E-state index in [1.165, 1.54) is 12.3 Å². The van der Waals surface area contributed by atoms with Crippen molar-refractivity contribution in [1.29, 1.82) is 0 Å². The average Bonchev–Trinajstić information content (AvgIpc) is 3.70. The number of nitrogens with zero attached hydrogens (tertiary/aromatic N) is 4. The summed E-state index contributed by atoms with van der Waals surface area (Å²) in [6.45, 7) is 1.62. The number of rotatable bonds is 6. The van der Waals surface area contributed by atoms with Gasteiger partial charge in [0.25, 0.3) is 0 Å². The Kier molecular flexibility index (Phi) is 6.32. The van der Waals surface area contributed by atoms with Crippen molar-refractivity contribution in [3.63, 3.8) is 0 Å². The van der Waals surface area contributed by atoms with E-state index in [0.29, 0.717) is 11.3 Å². The minimum Gasteiger partial charge on any atom is -0.477 e. The summed E-state index contributed by atoms with van der Waals surface area (Å²) in [4.78, 5) is 21.5. The van der Waals surface area contributed by atoms with Crippen LogP contribution in [-0.4, -0.2) is 39.3 Å². The predicted octanol–water partition coefficient (Wildman–Crippen LogP) is 6.81. The number of benzene rings is 1. The van der Waals surface area contributed by atoms with Crippen LogP contribution in [-0.2, 0) is 6.18 Å². The summed E-state index contributed by atoms with van der Waals surface area (Å²) in [5.74, 6) is 0.00896. The highest BCUT2D eigenvalue weighted by Crippen LogP contribution is 2.46. The number of aromatic carboxylic acids is 1. The lowest BCUT2D eigenvalue weighted by atomic mass is 9.94. The van der Waals surface area contributed by atoms with Crippen molar-refractivity contribution < 1.29 is 27.6 Å². The number of carbonyl (C=O) groups is 1. The van der Waals surface area contributed by atoms with Crippen LogP contribution in [0.1, 0.15) is 59.0 Å². The molecule has 200 valence electrons. The molecule has 0 bridgehead atoms. The number of alkyl halides is 3. The first-order valence-corrected chi connectivity index (χ1v) is 12.9. The summed E-state index contributed by atoms with van der Waals surface area (Å²) in [5.41, 5.74) is 0.745. The second-order valence-electron chi connectivity index (χ2n) is 10.1. The van der Waals surface area contributed by atoms with Gasteiger partial charge in [-0.15, -0.1) is 0 Å². The van der Waals surface area contributed by atoms with E-state index in [4.69, 9.17) is 9.63 Å². The molecule has 2 aliphatic rings. The Morgan fingerprint density at radius 3 is 2.54 bits per heavy atom. The SMILES string of the molecule is O=C(O)c1cc2ccc(N3CCC(/C=C/c4c(-c5ncccc5C(F)(F)F)noc4C4CC4)CC3)cc2cn1. The average molecular weight is 535 g/mol. The fraction of sp³-hybridized carbons (Fsp3) is 0.310. The molecule has 39 heavy (non-hydrogen) atoms. The maximum Gasteiger partial charge on any atom is 0.418 e. The van der Waals surface area contributed by atoms with Crippen molar-refractivity contribution >= 4 is 28.5 Å². The molecule has 1 N–H and O–H groups in total. The maximum atomic E-state index is 13.7. The Morgan fingerprint density at radius 2 is 1.82 bits per heavy atom. The molecular formula is C29H25F3N4O3. The second-order valence-corrected chi connectivity index (χ2v) is 10.1. The van der Waals surface area contributed by atoms with Gasteiger partial charge < -0.3 is 14.5 Å². The van der Waals surface area contributed by atoms with Crippen LogP contribution in [0.15, 0.2) is 59.4 Å². The minimum absolute atomic E-state index is 0.0151. The van der Waals surface area contributed by atoms with Crippen LogP contribution in [0.5, 0.6) is 0 Å². The number of allylic oxidation sites excluding steroid dienone is 1. The number of pyridine rings is 2. The van der Waals surface area contributed by atoms with Crippen LogP contribution >= 0.6 is 0 Å². The molecule has 3 aromatic heterocycles. The topological polar surface area (TPSA) is 92.3 Å². The summed E-state index contributed by atoms with van der Waals surface area (Å²) in [5, 5.41) is 14.9. The number of aromatic nitrogens is 3. The standard InChI is InChI=1S/C29H25F3N4O3/c30-29(31,32)23-2-1-11-33-26(23)25-22(27(39-35-25)18-4-5-18)8-3-17-9-12-36(13-10-17)21-7-6-19-15-24(28(37)38)34-16-20(19)14-21/h1-3,6-8,11,14-18H,4-5,9-10,12-13H2,(H,37,38)/b8-3+. The molecule has 4 heterocycles. The molecule has 0 radical (unpaired) electrons. The molecule has 0 atom stereocenters. The van der Waals surface area contributed by atoms with Gasteiger partial charge in [0.05, 0.1) is 5.56 Å². The first kappa shape index (κ1) is 25.1. The van der Waals surface area contributed by atoms with Gasteiger partial charge in [0.1, 0.15) is 22.8 Å². The highest BCUT2D eigenvalue weighted by Gasteiger charge is 2.38. The van der Waals surface area contributed by atoms with Crippen molar-refractivity contribution in [1.82, 2.24) is 15.1 Å². The fourth-order valence-electron chi connectivity index (χ4n) is 5.13. The van der Waals surface area contributed by atoms with Crippen LogP contribution in [0.3, 0.4) is 0 Å². The summed E-state index contributed by atoms with van der Waals surface area (Å²) in [7, 11) is 0. The quantitative estimate of drug-likeness (QED) is 0.291. The van der Waals surface area contributed by atoms with Gasteiger partial charge in [0.2, 0.25) is 0 Å². The molecular weight excluding hydrogens is 509 g/mol. The van der Waals surface area contributed by atoms with Gasteiger partial charge in [-0.05, 0) is 67.3 Å². The number of anilines is 1. The molecule has 2 fully saturated rings. The molecule has 1 aliphatic carbocycles. The van der Waals surface area contributed by atoms with E-state index in [0.717, 1.165) is 61.3 Å². The van der Waals surface area contributed by atoms with Gasteiger partial charge in [0.15, 0.2) is 0 Å². The summed E-state index contributed by atoms with van der Waals surface area (Å²) in [6, 6.07) is 9.77. The highest BCUT2D eigenvalue weighted by atomic mass is 19.4. The third kappa shape index (κ3) is 5.10. The van der Waals surface area contributed by atoms with Gasteiger partial charge in [-0.25, -0.2) is 9.78 Å². The zero-order valence-electron chi connectivity index (χ0n) is 20.9. The van der Waals surface area contributed by atoms with Crippen molar-refractivity contribution in [3.8, 4) is 11.4 Å². The van der Waals surface area contributed by atoms with Crippen molar-refractivity contribution in [3.05, 3.63) is 77.4 Å². The van der Waals surface area contributed by atoms with E-state index in [9.17, 15) is 18.0 Å². The molecule has 1 aliphatic heterocycles. The first-order chi connectivity index (χ1) is 18.8. The number of carboxylic acids is 1. The largest absolute Gasteiger partial charge is 0.477 e. The van der Waals surface area contributed by atoms with Crippen molar-refractivity contribution in [2.45, 2.75) is 37.8 Å². The van der Waals surface area contributed by atoms with Gasteiger partial charge in [-0.3, -0.25) is 4.98 Å². The monoisotopic (exact) mass is 534 g/mol. The van der Waals surface area contributed by atoms with Crippen molar-refractivity contribution in [2.75, 3.05) is 18.0 Å². The highest BCUT2D eigenvalue weighted by molar-refractivity contribution is 5.93.